The minimum atomic E-state index is 0.602. The van der Waals surface area contributed by atoms with Crippen molar-refractivity contribution in [3.05, 3.63) is 35.9 Å². The van der Waals surface area contributed by atoms with Gasteiger partial charge in [-0.3, -0.25) is 4.90 Å². The first-order valence-electron chi connectivity index (χ1n) is 7.34. The van der Waals surface area contributed by atoms with Crippen LogP contribution in [0.2, 0.25) is 0 Å². The number of hydrogen-bond acceptors (Lipinski definition) is 2. The molecule has 1 heterocycles. The molecule has 1 aromatic rings. The van der Waals surface area contributed by atoms with Crippen molar-refractivity contribution < 1.29 is 0 Å². The Balaban J connectivity index is 1.95. The van der Waals surface area contributed by atoms with E-state index >= 15 is 0 Å². The van der Waals surface area contributed by atoms with E-state index in [1.807, 2.05) is 0 Å². The van der Waals surface area contributed by atoms with Crippen molar-refractivity contribution in [2.75, 3.05) is 19.6 Å². The monoisotopic (exact) mass is 246 g/mol. The Bertz CT molecular complexity index is 328. The van der Waals surface area contributed by atoms with Crippen LogP contribution in [0.25, 0.3) is 0 Å². The van der Waals surface area contributed by atoms with Gasteiger partial charge in [0, 0.05) is 6.04 Å². The van der Waals surface area contributed by atoms with Crippen molar-refractivity contribution in [3.8, 4) is 0 Å². The van der Waals surface area contributed by atoms with E-state index in [1.54, 1.807) is 0 Å². The molecule has 0 spiro atoms. The highest BCUT2D eigenvalue weighted by molar-refractivity contribution is 5.19. The molecule has 0 aromatic heterocycles. The van der Waals surface area contributed by atoms with Crippen LogP contribution in [0.1, 0.15) is 44.2 Å². The third-order valence-corrected chi connectivity index (χ3v) is 4.24. The summed E-state index contributed by atoms with van der Waals surface area (Å²) in [5.74, 6) is 0.861. The van der Waals surface area contributed by atoms with Crippen LogP contribution in [0.5, 0.6) is 0 Å². The van der Waals surface area contributed by atoms with Gasteiger partial charge in [-0.2, -0.15) is 0 Å². The maximum Gasteiger partial charge on any atom is 0.0345 e. The standard InChI is InChI=1S/C16H26N2/c1-2-16(15-6-4-3-5-7-15)18-12-9-14(8-11-17)10-13-18/h3-7,14,16H,2,8-13,17H2,1H3. The van der Waals surface area contributed by atoms with Crippen LogP contribution in [0.4, 0.5) is 0 Å². The lowest BCUT2D eigenvalue weighted by Crippen LogP contribution is -2.37. The highest BCUT2D eigenvalue weighted by atomic mass is 15.2. The molecule has 0 bridgehead atoms. The molecule has 1 aliphatic rings. The largest absolute Gasteiger partial charge is 0.330 e. The third kappa shape index (κ3) is 3.33. The second kappa shape index (κ2) is 6.91. The van der Waals surface area contributed by atoms with Crippen LogP contribution < -0.4 is 5.73 Å². The first-order chi connectivity index (χ1) is 8.85. The molecule has 100 valence electrons. The minimum absolute atomic E-state index is 0.602. The zero-order valence-corrected chi connectivity index (χ0v) is 11.5. The van der Waals surface area contributed by atoms with E-state index in [4.69, 9.17) is 5.73 Å². The van der Waals surface area contributed by atoms with Gasteiger partial charge < -0.3 is 5.73 Å². The summed E-state index contributed by atoms with van der Waals surface area (Å²) >= 11 is 0. The molecule has 2 nitrogen and oxygen atoms in total. The average Bonchev–Trinajstić information content (AvgIpc) is 2.43. The summed E-state index contributed by atoms with van der Waals surface area (Å²) in [6.45, 7) is 5.61. The predicted octanol–water partition coefficient (Wildman–Crippen LogP) is 3.20. The molecule has 0 amide bonds. The quantitative estimate of drug-likeness (QED) is 0.864. The predicted molar refractivity (Wildman–Crippen MR) is 77.4 cm³/mol. The fourth-order valence-electron chi connectivity index (χ4n) is 3.17. The summed E-state index contributed by atoms with van der Waals surface area (Å²) in [6, 6.07) is 11.5. The van der Waals surface area contributed by atoms with Crippen molar-refractivity contribution in [1.82, 2.24) is 4.90 Å². The summed E-state index contributed by atoms with van der Waals surface area (Å²) in [6.07, 6.45) is 5.04. The minimum Gasteiger partial charge on any atom is -0.330 e. The molecule has 1 atom stereocenters. The Kier molecular flexibility index (Phi) is 5.21. The number of rotatable bonds is 5. The first-order valence-corrected chi connectivity index (χ1v) is 7.34. The third-order valence-electron chi connectivity index (χ3n) is 4.24. The molecule has 2 rings (SSSR count). The summed E-state index contributed by atoms with van der Waals surface area (Å²) in [5.41, 5.74) is 7.13. The van der Waals surface area contributed by atoms with Crippen molar-refractivity contribution in [1.29, 1.82) is 0 Å². The normalized spacial score (nSPS) is 19.9. The van der Waals surface area contributed by atoms with Crippen molar-refractivity contribution in [2.45, 2.75) is 38.6 Å². The SMILES string of the molecule is CCC(c1ccccc1)N1CCC(CCN)CC1. The van der Waals surface area contributed by atoms with Gasteiger partial charge >= 0.3 is 0 Å². The van der Waals surface area contributed by atoms with Gasteiger partial charge in [0.15, 0.2) is 0 Å². The van der Waals surface area contributed by atoms with E-state index < -0.39 is 0 Å². The van der Waals surface area contributed by atoms with Gasteiger partial charge in [-0.05, 0) is 56.8 Å². The van der Waals surface area contributed by atoms with Crippen molar-refractivity contribution >= 4 is 0 Å². The Morgan fingerprint density at radius 2 is 1.89 bits per heavy atom. The lowest BCUT2D eigenvalue weighted by Gasteiger charge is -2.37. The van der Waals surface area contributed by atoms with Gasteiger partial charge in [0.05, 0.1) is 0 Å². The molecule has 1 aliphatic heterocycles. The molecule has 2 N–H and O–H groups in total. The number of benzene rings is 1. The van der Waals surface area contributed by atoms with E-state index in [-0.39, 0.29) is 0 Å². The number of likely N-dealkylation sites (tertiary alicyclic amines) is 1. The Labute approximate surface area is 111 Å². The summed E-state index contributed by atoms with van der Waals surface area (Å²) in [4.78, 5) is 2.66. The van der Waals surface area contributed by atoms with Gasteiger partial charge in [0.25, 0.3) is 0 Å². The van der Waals surface area contributed by atoms with Crippen LogP contribution in [-0.2, 0) is 0 Å². The molecular weight excluding hydrogens is 220 g/mol. The van der Waals surface area contributed by atoms with E-state index in [1.165, 1.54) is 44.3 Å². The topological polar surface area (TPSA) is 29.3 Å². The molecule has 2 heteroatoms. The highest BCUT2D eigenvalue weighted by Gasteiger charge is 2.24. The van der Waals surface area contributed by atoms with E-state index in [0.29, 0.717) is 6.04 Å². The maximum absolute atomic E-state index is 5.66. The number of piperidine rings is 1. The van der Waals surface area contributed by atoms with Crippen molar-refractivity contribution in [3.63, 3.8) is 0 Å². The van der Waals surface area contributed by atoms with Crippen LogP contribution in [-0.4, -0.2) is 24.5 Å². The molecule has 0 saturated carbocycles. The Morgan fingerprint density at radius 1 is 1.22 bits per heavy atom. The highest BCUT2D eigenvalue weighted by Crippen LogP contribution is 2.29. The van der Waals surface area contributed by atoms with Crippen LogP contribution in [0.3, 0.4) is 0 Å². The van der Waals surface area contributed by atoms with E-state index in [0.717, 1.165) is 12.5 Å². The number of nitrogens with zero attached hydrogens (tertiary/aromatic N) is 1. The average molecular weight is 246 g/mol. The number of nitrogens with two attached hydrogens (primary N) is 1. The van der Waals surface area contributed by atoms with Crippen LogP contribution in [0.15, 0.2) is 30.3 Å². The molecule has 0 radical (unpaired) electrons. The molecule has 1 unspecified atom stereocenters. The molecule has 18 heavy (non-hydrogen) atoms. The van der Waals surface area contributed by atoms with Gasteiger partial charge in [-0.1, -0.05) is 37.3 Å². The van der Waals surface area contributed by atoms with Crippen LogP contribution in [0, 0.1) is 5.92 Å². The van der Waals surface area contributed by atoms with Gasteiger partial charge in [-0.25, -0.2) is 0 Å². The number of hydrogen-bond donors (Lipinski definition) is 1. The van der Waals surface area contributed by atoms with Crippen molar-refractivity contribution in [2.24, 2.45) is 11.7 Å². The van der Waals surface area contributed by atoms with Gasteiger partial charge in [-0.15, -0.1) is 0 Å². The Hall–Kier alpha value is -0.860. The second-order valence-corrected chi connectivity index (χ2v) is 5.39. The fourth-order valence-corrected chi connectivity index (χ4v) is 3.17. The Morgan fingerprint density at radius 3 is 2.44 bits per heavy atom. The van der Waals surface area contributed by atoms with Gasteiger partial charge in [0.2, 0.25) is 0 Å². The fraction of sp³-hybridized carbons (Fsp3) is 0.625. The first kappa shape index (κ1) is 13.6. The molecule has 0 aliphatic carbocycles. The van der Waals surface area contributed by atoms with Crippen LogP contribution >= 0.6 is 0 Å². The zero-order chi connectivity index (χ0) is 12.8. The second-order valence-electron chi connectivity index (χ2n) is 5.39. The zero-order valence-electron chi connectivity index (χ0n) is 11.5. The maximum atomic E-state index is 5.66. The lowest BCUT2D eigenvalue weighted by molar-refractivity contribution is 0.126. The summed E-state index contributed by atoms with van der Waals surface area (Å²) in [5, 5.41) is 0. The molecular formula is C16H26N2. The van der Waals surface area contributed by atoms with E-state index in [2.05, 4.69) is 42.2 Å². The molecule has 1 saturated heterocycles. The summed E-state index contributed by atoms with van der Waals surface area (Å²) in [7, 11) is 0. The lowest BCUT2D eigenvalue weighted by atomic mass is 9.91. The smallest absolute Gasteiger partial charge is 0.0345 e. The summed E-state index contributed by atoms with van der Waals surface area (Å²) < 4.78 is 0. The molecule has 1 fully saturated rings. The van der Waals surface area contributed by atoms with Gasteiger partial charge in [0.1, 0.15) is 0 Å². The molecule has 1 aromatic carbocycles. The van der Waals surface area contributed by atoms with E-state index in [9.17, 15) is 0 Å².